The lowest BCUT2D eigenvalue weighted by molar-refractivity contribution is 0.0627. The Labute approximate surface area is 227 Å². The van der Waals surface area contributed by atoms with Crippen LogP contribution >= 0.6 is 0 Å². The van der Waals surface area contributed by atoms with Crippen molar-refractivity contribution in [2.75, 3.05) is 18.0 Å². The molecule has 0 saturated carbocycles. The van der Waals surface area contributed by atoms with Crippen LogP contribution < -0.4 is 4.90 Å². The molecule has 1 saturated heterocycles. The van der Waals surface area contributed by atoms with Gasteiger partial charge in [-0.15, -0.1) is 0 Å². The highest BCUT2D eigenvalue weighted by atomic mass is 28.4. The predicted molar refractivity (Wildman–Crippen MR) is 154 cm³/mol. The molecule has 3 atom stereocenters. The summed E-state index contributed by atoms with van der Waals surface area (Å²) in [6.45, 7) is 18.0. The Morgan fingerprint density at radius 3 is 2.21 bits per heavy atom. The summed E-state index contributed by atoms with van der Waals surface area (Å²) >= 11 is 0. The van der Waals surface area contributed by atoms with Crippen molar-refractivity contribution >= 4 is 14.0 Å². The summed E-state index contributed by atoms with van der Waals surface area (Å²) in [5.41, 5.74) is 3.38. The SMILES string of the molecule is C[C@@H]1CN(c2ccncc2CCc2cccc(-c3c(F)cccc3F)n2)C[C@H](C)C1O[Si](C)(C)C(C)(C)C. The molecule has 204 valence electrons. The van der Waals surface area contributed by atoms with Crippen LogP contribution in [0.5, 0.6) is 0 Å². The van der Waals surface area contributed by atoms with Crippen LogP contribution in [-0.2, 0) is 17.3 Å². The molecule has 0 spiro atoms. The maximum atomic E-state index is 14.3. The molecule has 38 heavy (non-hydrogen) atoms. The third-order valence-electron chi connectivity index (χ3n) is 8.27. The zero-order valence-corrected chi connectivity index (χ0v) is 24.8. The highest BCUT2D eigenvalue weighted by Crippen LogP contribution is 2.41. The van der Waals surface area contributed by atoms with Gasteiger partial charge in [0, 0.05) is 36.9 Å². The molecule has 1 aliphatic rings. The number of piperidine rings is 1. The lowest BCUT2D eigenvalue weighted by atomic mass is 9.87. The number of anilines is 1. The van der Waals surface area contributed by atoms with E-state index in [1.807, 2.05) is 24.5 Å². The van der Waals surface area contributed by atoms with Crippen LogP contribution in [0.1, 0.15) is 45.9 Å². The number of pyridine rings is 2. The van der Waals surface area contributed by atoms with Gasteiger partial charge in [0.15, 0.2) is 8.32 Å². The Morgan fingerprint density at radius 1 is 0.947 bits per heavy atom. The Bertz CT molecular complexity index is 1230. The first kappa shape index (κ1) is 28.4. The van der Waals surface area contributed by atoms with E-state index >= 15 is 0 Å². The minimum atomic E-state index is -1.86. The molecule has 0 amide bonds. The van der Waals surface area contributed by atoms with E-state index in [9.17, 15) is 8.78 Å². The number of rotatable bonds is 7. The largest absolute Gasteiger partial charge is 0.413 e. The minimum Gasteiger partial charge on any atom is -0.413 e. The molecule has 0 radical (unpaired) electrons. The summed E-state index contributed by atoms with van der Waals surface area (Å²) in [7, 11) is -1.86. The standard InChI is InChI=1S/C31H41F2N3OSi/c1-21-19-36(20-22(2)30(21)37-38(6,7)31(3,4)5)28-16-17-34-18-23(28)14-15-24-10-8-13-27(35-24)29-25(32)11-9-12-26(29)33/h8-13,16-18,21-22,30H,14-15,19-20H2,1-7H3/t21-,22+,30?. The van der Waals surface area contributed by atoms with E-state index in [-0.39, 0.29) is 16.7 Å². The molecule has 0 aliphatic carbocycles. The molecule has 1 aliphatic heterocycles. The number of aromatic nitrogens is 2. The summed E-state index contributed by atoms with van der Waals surface area (Å²) < 4.78 is 35.5. The van der Waals surface area contributed by atoms with E-state index in [0.29, 0.717) is 24.0 Å². The monoisotopic (exact) mass is 537 g/mol. The molecule has 7 heteroatoms. The summed E-state index contributed by atoms with van der Waals surface area (Å²) in [5.74, 6) is -0.396. The molecular formula is C31H41F2N3OSi. The van der Waals surface area contributed by atoms with Gasteiger partial charge in [-0.1, -0.05) is 46.8 Å². The fourth-order valence-corrected chi connectivity index (χ4v) is 6.67. The summed E-state index contributed by atoms with van der Waals surface area (Å²) in [5, 5.41) is 0.186. The van der Waals surface area contributed by atoms with Gasteiger partial charge in [0.2, 0.25) is 0 Å². The first-order chi connectivity index (χ1) is 17.9. The maximum absolute atomic E-state index is 14.3. The van der Waals surface area contributed by atoms with Gasteiger partial charge in [-0.2, -0.15) is 0 Å². The van der Waals surface area contributed by atoms with Crippen LogP contribution in [0.15, 0.2) is 54.9 Å². The summed E-state index contributed by atoms with van der Waals surface area (Å²) in [6.07, 6.45) is 5.43. The van der Waals surface area contributed by atoms with E-state index in [2.05, 4.69) is 68.6 Å². The van der Waals surface area contributed by atoms with Crippen molar-refractivity contribution in [2.24, 2.45) is 11.8 Å². The molecule has 0 N–H and O–H groups in total. The third kappa shape index (κ3) is 6.15. The smallest absolute Gasteiger partial charge is 0.192 e. The minimum absolute atomic E-state index is 0.0813. The molecule has 3 aromatic rings. The van der Waals surface area contributed by atoms with Gasteiger partial charge in [-0.25, -0.2) is 8.78 Å². The predicted octanol–water partition coefficient (Wildman–Crippen LogP) is 7.69. The topological polar surface area (TPSA) is 38.2 Å². The van der Waals surface area contributed by atoms with Crippen LogP contribution in [0.25, 0.3) is 11.3 Å². The first-order valence-electron chi connectivity index (χ1n) is 13.6. The maximum Gasteiger partial charge on any atom is 0.192 e. The Kier molecular flexibility index (Phi) is 8.38. The number of hydrogen-bond acceptors (Lipinski definition) is 4. The van der Waals surface area contributed by atoms with E-state index in [0.717, 1.165) is 30.8 Å². The van der Waals surface area contributed by atoms with E-state index in [1.165, 1.54) is 23.9 Å². The summed E-state index contributed by atoms with van der Waals surface area (Å²) in [4.78, 5) is 11.5. The second-order valence-corrected chi connectivity index (χ2v) is 17.1. The van der Waals surface area contributed by atoms with Crippen molar-refractivity contribution in [1.82, 2.24) is 9.97 Å². The van der Waals surface area contributed by atoms with E-state index in [1.54, 1.807) is 6.07 Å². The molecule has 4 rings (SSSR count). The van der Waals surface area contributed by atoms with Gasteiger partial charge in [0.05, 0.1) is 17.4 Å². The van der Waals surface area contributed by atoms with Crippen molar-refractivity contribution in [2.45, 2.75) is 71.7 Å². The number of halogens is 2. The van der Waals surface area contributed by atoms with Crippen molar-refractivity contribution in [3.63, 3.8) is 0 Å². The fraction of sp³-hybridized carbons (Fsp3) is 0.484. The van der Waals surface area contributed by atoms with Crippen LogP contribution in [0.4, 0.5) is 14.5 Å². The van der Waals surface area contributed by atoms with E-state index in [4.69, 9.17) is 4.43 Å². The number of nitrogens with zero attached hydrogens (tertiary/aromatic N) is 3. The first-order valence-corrected chi connectivity index (χ1v) is 16.5. The van der Waals surface area contributed by atoms with Crippen LogP contribution in [0.3, 0.4) is 0 Å². The number of benzene rings is 1. The second kappa shape index (κ2) is 11.2. The molecular weight excluding hydrogens is 496 g/mol. The molecule has 0 bridgehead atoms. The zero-order valence-electron chi connectivity index (χ0n) is 23.8. The molecule has 3 heterocycles. The molecule has 4 nitrogen and oxygen atoms in total. The van der Waals surface area contributed by atoms with Crippen LogP contribution in [0, 0.1) is 23.5 Å². The zero-order chi connectivity index (χ0) is 27.7. The Balaban J connectivity index is 1.48. The normalized spacial score (nSPS) is 20.6. The molecule has 2 aromatic heterocycles. The second-order valence-electron chi connectivity index (χ2n) is 12.3. The lowest BCUT2D eigenvalue weighted by Crippen LogP contribution is -2.54. The Morgan fingerprint density at radius 2 is 1.58 bits per heavy atom. The van der Waals surface area contributed by atoms with Gasteiger partial charge in [0.1, 0.15) is 11.6 Å². The van der Waals surface area contributed by atoms with Crippen molar-refractivity contribution in [3.8, 4) is 11.3 Å². The van der Waals surface area contributed by atoms with Crippen molar-refractivity contribution in [3.05, 3.63) is 77.8 Å². The van der Waals surface area contributed by atoms with Gasteiger partial charge in [-0.05, 0) is 78.7 Å². The van der Waals surface area contributed by atoms with Crippen molar-refractivity contribution < 1.29 is 13.2 Å². The highest BCUT2D eigenvalue weighted by Gasteiger charge is 2.43. The number of hydrogen-bond donors (Lipinski definition) is 0. The van der Waals surface area contributed by atoms with Gasteiger partial charge < -0.3 is 9.33 Å². The lowest BCUT2D eigenvalue weighted by Gasteiger charge is -2.48. The number of aryl methyl sites for hydroxylation is 2. The van der Waals surface area contributed by atoms with Crippen LogP contribution in [-0.4, -0.2) is 37.5 Å². The molecule has 1 aromatic carbocycles. The molecule has 1 fully saturated rings. The average molecular weight is 538 g/mol. The highest BCUT2D eigenvalue weighted by molar-refractivity contribution is 6.74. The summed E-state index contributed by atoms with van der Waals surface area (Å²) in [6, 6.07) is 11.4. The quantitative estimate of drug-likeness (QED) is 0.290. The van der Waals surface area contributed by atoms with Crippen LogP contribution in [0.2, 0.25) is 18.1 Å². The average Bonchev–Trinajstić information content (AvgIpc) is 2.84. The van der Waals surface area contributed by atoms with E-state index < -0.39 is 20.0 Å². The molecule has 1 unspecified atom stereocenters. The Hall–Kier alpha value is -2.64. The van der Waals surface area contributed by atoms with Gasteiger partial charge in [0.25, 0.3) is 0 Å². The third-order valence-corrected chi connectivity index (χ3v) is 12.7. The fourth-order valence-electron chi connectivity index (χ4n) is 5.17. The van der Waals surface area contributed by atoms with Crippen molar-refractivity contribution in [1.29, 1.82) is 0 Å². The van der Waals surface area contributed by atoms with Gasteiger partial charge >= 0.3 is 0 Å². The van der Waals surface area contributed by atoms with Gasteiger partial charge in [-0.3, -0.25) is 9.97 Å².